The molecule has 0 spiro atoms. The summed E-state index contributed by atoms with van der Waals surface area (Å²) in [4.78, 5) is 13.8. The maximum Gasteiger partial charge on any atom is 0.271 e. The third-order valence-electron chi connectivity index (χ3n) is 2.50. The van der Waals surface area contributed by atoms with E-state index in [2.05, 4.69) is 10.9 Å². The van der Waals surface area contributed by atoms with E-state index in [1.807, 2.05) is 24.1 Å². The number of hydrogen-bond donors (Lipinski definition) is 2. The summed E-state index contributed by atoms with van der Waals surface area (Å²) >= 11 is 0. The first kappa shape index (κ1) is 9.12. The van der Waals surface area contributed by atoms with Crippen LogP contribution in [0.3, 0.4) is 0 Å². The van der Waals surface area contributed by atoms with Crippen LogP contribution in [0, 0.1) is 0 Å². The number of rotatable bonds is 1. The predicted molar refractivity (Wildman–Crippen MR) is 53.9 cm³/mol. The van der Waals surface area contributed by atoms with E-state index in [-0.39, 0.29) is 5.91 Å². The molecular weight excluding hydrogens is 178 g/mol. The fourth-order valence-corrected chi connectivity index (χ4v) is 1.74. The molecule has 2 N–H and O–H groups in total. The molecule has 0 aromatic heterocycles. The quantitative estimate of drug-likeness (QED) is 0.637. The van der Waals surface area contributed by atoms with E-state index in [4.69, 9.17) is 0 Å². The number of amides is 1. The molecule has 0 radical (unpaired) electrons. The van der Waals surface area contributed by atoms with Crippen molar-refractivity contribution in [2.24, 2.45) is 0 Å². The lowest BCUT2D eigenvalue weighted by atomic mass is 10.2. The van der Waals surface area contributed by atoms with Gasteiger partial charge in [0.2, 0.25) is 0 Å². The molecule has 0 aromatic rings. The lowest BCUT2D eigenvalue weighted by molar-refractivity contribution is -0.126. The fraction of sp³-hybridized carbons (Fsp3) is 0.500. The second-order valence-corrected chi connectivity index (χ2v) is 3.72. The van der Waals surface area contributed by atoms with Gasteiger partial charge < -0.3 is 10.3 Å². The molecule has 2 heterocycles. The number of allylic oxidation sites excluding steroid dienone is 2. The van der Waals surface area contributed by atoms with Crippen molar-refractivity contribution in [2.45, 2.75) is 19.8 Å². The Bertz CT molecular complexity index is 300. The average molecular weight is 193 g/mol. The van der Waals surface area contributed by atoms with Crippen molar-refractivity contribution in [2.75, 3.05) is 13.1 Å². The molecular formula is C10H15N3O. The number of likely N-dealkylation sites (tertiary alicyclic amines) is 1. The summed E-state index contributed by atoms with van der Waals surface area (Å²) in [6, 6.07) is 0. The number of hydrogen-bond acceptors (Lipinski definition) is 3. The number of nitrogens with one attached hydrogen (secondary N) is 2. The smallest absolute Gasteiger partial charge is 0.271 e. The summed E-state index contributed by atoms with van der Waals surface area (Å²) in [5, 5.41) is 0. The van der Waals surface area contributed by atoms with Crippen molar-refractivity contribution in [1.29, 1.82) is 0 Å². The van der Waals surface area contributed by atoms with Crippen molar-refractivity contribution in [3.05, 3.63) is 23.5 Å². The molecule has 1 saturated heterocycles. The molecule has 0 saturated carbocycles. The normalized spacial score (nSPS) is 20.8. The molecule has 14 heavy (non-hydrogen) atoms. The van der Waals surface area contributed by atoms with Gasteiger partial charge in [0, 0.05) is 19.3 Å². The molecule has 2 rings (SSSR count). The van der Waals surface area contributed by atoms with E-state index in [0.29, 0.717) is 5.70 Å². The van der Waals surface area contributed by atoms with Crippen LogP contribution >= 0.6 is 0 Å². The maximum absolute atomic E-state index is 11.9. The minimum atomic E-state index is 0.0995. The molecule has 0 atom stereocenters. The highest BCUT2D eigenvalue weighted by Crippen LogP contribution is 2.12. The van der Waals surface area contributed by atoms with E-state index >= 15 is 0 Å². The van der Waals surface area contributed by atoms with Gasteiger partial charge in [-0.15, -0.1) is 0 Å². The third-order valence-corrected chi connectivity index (χ3v) is 2.50. The Labute approximate surface area is 83.6 Å². The Morgan fingerprint density at radius 1 is 1.43 bits per heavy atom. The van der Waals surface area contributed by atoms with Crippen LogP contribution < -0.4 is 10.9 Å². The average Bonchev–Trinajstić information content (AvgIpc) is 2.69. The fourth-order valence-electron chi connectivity index (χ4n) is 1.74. The van der Waals surface area contributed by atoms with Gasteiger partial charge in [-0.05, 0) is 31.4 Å². The molecule has 0 aliphatic carbocycles. The second kappa shape index (κ2) is 3.74. The van der Waals surface area contributed by atoms with Crippen molar-refractivity contribution in [3.8, 4) is 0 Å². The number of carbonyl (C=O) groups excluding carboxylic acids is 1. The first-order valence-electron chi connectivity index (χ1n) is 4.96. The van der Waals surface area contributed by atoms with Crippen LogP contribution in [-0.4, -0.2) is 23.9 Å². The monoisotopic (exact) mass is 193 g/mol. The molecule has 4 heteroatoms. The van der Waals surface area contributed by atoms with Crippen molar-refractivity contribution >= 4 is 5.91 Å². The van der Waals surface area contributed by atoms with Crippen molar-refractivity contribution in [3.63, 3.8) is 0 Å². The lowest BCUT2D eigenvalue weighted by Gasteiger charge is -2.20. The van der Waals surface area contributed by atoms with Gasteiger partial charge in [0.05, 0.1) is 0 Å². The molecule has 1 amide bonds. The molecule has 0 bridgehead atoms. The topological polar surface area (TPSA) is 44.4 Å². The van der Waals surface area contributed by atoms with Crippen LogP contribution in [0.5, 0.6) is 0 Å². The Kier molecular flexibility index (Phi) is 2.43. The Hall–Kier alpha value is -1.45. The molecule has 76 valence electrons. The maximum atomic E-state index is 11.9. The highest BCUT2D eigenvalue weighted by Gasteiger charge is 2.21. The summed E-state index contributed by atoms with van der Waals surface area (Å²) in [6.45, 7) is 3.74. The van der Waals surface area contributed by atoms with Crippen molar-refractivity contribution in [1.82, 2.24) is 15.8 Å². The summed E-state index contributed by atoms with van der Waals surface area (Å²) < 4.78 is 0. The first-order valence-corrected chi connectivity index (χ1v) is 4.96. The van der Waals surface area contributed by atoms with Gasteiger partial charge in [-0.3, -0.25) is 10.2 Å². The molecule has 0 unspecified atom stereocenters. The van der Waals surface area contributed by atoms with Crippen LogP contribution in [-0.2, 0) is 4.79 Å². The predicted octanol–water partition coefficient (Wildman–Crippen LogP) is 0.504. The minimum Gasteiger partial charge on any atom is -0.337 e. The highest BCUT2D eigenvalue weighted by molar-refractivity contribution is 5.93. The zero-order valence-electron chi connectivity index (χ0n) is 8.34. The molecule has 0 aromatic carbocycles. The number of hydrazine groups is 1. The van der Waals surface area contributed by atoms with Gasteiger partial charge in [0.25, 0.3) is 5.91 Å². The lowest BCUT2D eigenvalue weighted by Crippen LogP contribution is -2.39. The van der Waals surface area contributed by atoms with Gasteiger partial charge in [-0.1, -0.05) is 0 Å². The molecule has 1 fully saturated rings. The van der Waals surface area contributed by atoms with Gasteiger partial charge >= 0.3 is 0 Å². The van der Waals surface area contributed by atoms with Crippen LogP contribution in [0.25, 0.3) is 0 Å². The van der Waals surface area contributed by atoms with Crippen LogP contribution in [0.1, 0.15) is 19.8 Å². The number of nitrogens with zero attached hydrogens (tertiary/aromatic N) is 1. The Morgan fingerprint density at radius 2 is 2.14 bits per heavy atom. The highest BCUT2D eigenvalue weighted by atomic mass is 16.2. The minimum absolute atomic E-state index is 0.0995. The second-order valence-electron chi connectivity index (χ2n) is 3.72. The van der Waals surface area contributed by atoms with Crippen LogP contribution in [0.2, 0.25) is 0 Å². The first-order chi connectivity index (χ1) is 6.77. The third kappa shape index (κ3) is 1.73. The summed E-state index contributed by atoms with van der Waals surface area (Å²) in [5.41, 5.74) is 7.44. The molecule has 4 nitrogen and oxygen atoms in total. The largest absolute Gasteiger partial charge is 0.337 e. The van der Waals surface area contributed by atoms with E-state index in [0.717, 1.165) is 31.5 Å². The Balaban J connectivity index is 2.07. The van der Waals surface area contributed by atoms with E-state index < -0.39 is 0 Å². The zero-order valence-corrected chi connectivity index (χ0v) is 8.34. The van der Waals surface area contributed by atoms with Crippen molar-refractivity contribution < 1.29 is 4.79 Å². The number of carbonyl (C=O) groups is 1. The Morgan fingerprint density at radius 3 is 2.79 bits per heavy atom. The van der Waals surface area contributed by atoms with E-state index in [9.17, 15) is 4.79 Å². The van der Waals surface area contributed by atoms with Gasteiger partial charge in [-0.25, -0.2) is 0 Å². The van der Waals surface area contributed by atoms with E-state index in [1.54, 1.807) is 0 Å². The van der Waals surface area contributed by atoms with Gasteiger partial charge in [0.1, 0.15) is 5.70 Å². The van der Waals surface area contributed by atoms with Gasteiger partial charge in [-0.2, -0.15) is 0 Å². The standard InChI is InChI=1S/C10H15N3O/c1-8-6-9(12-11-7-8)10(14)13-4-2-3-5-13/h6-7,11-12H,2-5H2,1H3. The van der Waals surface area contributed by atoms with Crippen LogP contribution in [0.4, 0.5) is 0 Å². The SMILES string of the molecule is CC1=CNNC(C(=O)N2CCCC2)=C1. The van der Waals surface area contributed by atoms with Gasteiger partial charge in [0.15, 0.2) is 0 Å². The summed E-state index contributed by atoms with van der Waals surface area (Å²) in [6.07, 6.45) is 5.96. The zero-order chi connectivity index (χ0) is 9.97. The molecule has 2 aliphatic heterocycles. The summed E-state index contributed by atoms with van der Waals surface area (Å²) in [7, 11) is 0. The van der Waals surface area contributed by atoms with E-state index in [1.165, 1.54) is 0 Å². The molecule has 2 aliphatic rings. The van der Waals surface area contributed by atoms with Crippen LogP contribution in [0.15, 0.2) is 23.5 Å². The summed E-state index contributed by atoms with van der Waals surface area (Å²) in [5.74, 6) is 0.0995.